The highest BCUT2D eigenvalue weighted by molar-refractivity contribution is 6.78. The molecule has 3 heteroatoms. The lowest BCUT2D eigenvalue weighted by molar-refractivity contribution is 0.536. The number of hydrogen-bond donors (Lipinski definition) is 0. The minimum atomic E-state index is -1.30. The molecule has 0 unspecified atom stereocenters. The van der Waals surface area contributed by atoms with Crippen LogP contribution in [0.2, 0.25) is 30.7 Å². The van der Waals surface area contributed by atoms with E-state index in [0.29, 0.717) is 0 Å². The zero-order valence-corrected chi connectivity index (χ0v) is 11.6. The Labute approximate surface area is 80.4 Å². The van der Waals surface area contributed by atoms with E-state index in [9.17, 15) is 0 Å². The van der Waals surface area contributed by atoms with Gasteiger partial charge < -0.3 is 4.12 Å². The maximum Gasteiger partial charge on any atom is 0.203 e. The highest BCUT2D eigenvalue weighted by Gasteiger charge is 2.28. The quantitative estimate of drug-likeness (QED) is 0.634. The Hall–Kier alpha value is 0.394. The lowest BCUT2D eigenvalue weighted by Crippen LogP contribution is -2.38. The van der Waals surface area contributed by atoms with Crippen molar-refractivity contribution in [2.24, 2.45) is 0 Å². The van der Waals surface area contributed by atoms with Crippen LogP contribution in [0.4, 0.5) is 0 Å². The number of rotatable bonds is 4. The van der Waals surface area contributed by atoms with E-state index >= 15 is 0 Å². The first kappa shape index (κ1) is 12.4. The summed E-state index contributed by atoms with van der Waals surface area (Å²) in [5.41, 5.74) is 1.48. The number of hydrogen-bond acceptors (Lipinski definition) is 1. The first-order chi connectivity index (χ1) is 5.24. The summed E-state index contributed by atoms with van der Waals surface area (Å²) in [7, 11) is -1.87. The Bertz CT molecular complexity index is 119. The van der Waals surface area contributed by atoms with Crippen LogP contribution >= 0.6 is 0 Å². The van der Waals surface area contributed by atoms with Gasteiger partial charge in [0.25, 0.3) is 0 Å². The van der Waals surface area contributed by atoms with Gasteiger partial charge in [0, 0.05) is 0 Å². The van der Waals surface area contributed by atoms with E-state index in [4.69, 9.17) is 4.12 Å². The van der Waals surface area contributed by atoms with E-state index in [1.54, 1.807) is 0 Å². The molecule has 1 radical (unpaired) electrons. The Morgan fingerprint density at radius 2 is 1.25 bits per heavy atom. The Morgan fingerprint density at radius 3 is 1.33 bits per heavy atom. The first-order valence-corrected chi connectivity index (χ1v) is 9.77. The molecule has 0 rings (SSSR count). The van der Waals surface area contributed by atoms with Gasteiger partial charge in [0.15, 0.2) is 8.32 Å². The van der Waals surface area contributed by atoms with Crippen LogP contribution in [0.3, 0.4) is 0 Å². The average Bonchev–Trinajstić information content (AvgIpc) is 1.79. The molecule has 0 aliphatic heterocycles. The fourth-order valence-corrected chi connectivity index (χ4v) is 7.30. The van der Waals surface area contributed by atoms with Crippen LogP contribution in [0.5, 0.6) is 0 Å². The molecular formula is C9H23OSi2. The van der Waals surface area contributed by atoms with Crippen molar-refractivity contribution in [1.29, 1.82) is 0 Å². The molecule has 0 aliphatic rings. The zero-order valence-electron chi connectivity index (χ0n) is 9.56. The van der Waals surface area contributed by atoms with Gasteiger partial charge in [-0.25, -0.2) is 0 Å². The summed E-state index contributed by atoms with van der Waals surface area (Å²) >= 11 is 0. The topological polar surface area (TPSA) is 9.23 Å². The van der Waals surface area contributed by atoms with Crippen LogP contribution < -0.4 is 0 Å². The summed E-state index contributed by atoms with van der Waals surface area (Å²) < 4.78 is 6.20. The van der Waals surface area contributed by atoms with E-state index in [1.165, 1.54) is 0 Å². The maximum absolute atomic E-state index is 6.20. The van der Waals surface area contributed by atoms with Crippen molar-refractivity contribution in [2.45, 2.75) is 58.4 Å². The van der Waals surface area contributed by atoms with Gasteiger partial charge in [0.2, 0.25) is 9.04 Å². The molecule has 0 aliphatic carbocycles. The maximum atomic E-state index is 6.20. The van der Waals surface area contributed by atoms with Gasteiger partial charge in [0.05, 0.1) is 0 Å². The predicted octanol–water partition coefficient (Wildman–Crippen LogP) is 3.65. The third-order valence-electron chi connectivity index (χ3n) is 1.56. The highest BCUT2D eigenvalue weighted by atomic mass is 28.4. The zero-order chi connectivity index (χ0) is 9.94. The summed E-state index contributed by atoms with van der Waals surface area (Å²) in [6.45, 7) is 16.0. The Kier molecular flexibility index (Phi) is 4.73. The normalized spacial score (nSPS) is 13.5. The molecular weight excluding hydrogens is 180 g/mol. The van der Waals surface area contributed by atoms with Crippen molar-refractivity contribution in [3.8, 4) is 0 Å². The van der Waals surface area contributed by atoms with Crippen LogP contribution in [-0.4, -0.2) is 17.4 Å². The van der Waals surface area contributed by atoms with Crippen molar-refractivity contribution in [2.75, 3.05) is 0 Å². The average molecular weight is 203 g/mol. The first-order valence-electron chi connectivity index (χ1n) is 4.79. The van der Waals surface area contributed by atoms with Gasteiger partial charge >= 0.3 is 0 Å². The molecule has 0 aromatic heterocycles. The smallest absolute Gasteiger partial charge is 0.203 e. The standard InChI is InChI=1S/C9H23OSi2/c1-8(2)11(9(3)4)10-12(5,6)7/h8-9H,1-7H3. The minimum absolute atomic E-state index is 0.574. The van der Waals surface area contributed by atoms with E-state index < -0.39 is 17.4 Å². The van der Waals surface area contributed by atoms with Crippen LogP contribution in [0, 0.1) is 0 Å². The van der Waals surface area contributed by atoms with E-state index in [-0.39, 0.29) is 0 Å². The van der Waals surface area contributed by atoms with Gasteiger partial charge in [0.1, 0.15) is 0 Å². The molecule has 12 heavy (non-hydrogen) atoms. The second-order valence-corrected chi connectivity index (χ2v) is 13.1. The third-order valence-corrected chi connectivity index (χ3v) is 7.23. The molecule has 0 spiro atoms. The Morgan fingerprint density at radius 1 is 0.917 bits per heavy atom. The molecule has 0 amide bonds. The van der Waals surface area contributed by atoms with Crippen molar-refractivity contribution in [3.63, 3.8) is 0 Å². The van der Waals surface area contributed by atoms with Crippen LogP contribution in [-0.2, 0) is 4.12 Å². The molecule has 0 aromatic carbocycles. The molecule has 73 valence electrons. The van der Waals surface area contributed by atoms with Crippen LogP contribution in [0.15, 0.2) is 0 Å². The monoisotopic (exact) mass is 203 g/mol. The SMILES string of the molecule is CC(C)[Si](O[Si](C)(C)C)C(C)C. The molecule has 1 nitrogen and oxygen atoms in total. The molecule has 0 heterocycles. The highest BCUT2D eigenvalue weighted by Crippen LogP contribution is 2.24. The molecule has 0 bridgehead atoms. The molecule has 0 atom stereocenters. The van der Waals surface area contributed by atoms with Gasteiger partial charge in [-0.1, -0.05) is 27.7 Å². The second kappa shape index (κ2) is 4.58. The Balaban J connectivity index is 4.15. The van der Waals surface area contributed by atoms with E-state index in [2.05, 4.69) is 47.3 Å². The van der Waals surface area contributed by atoms with Gasteiger partial charge in [-0.15, -0.1) is 0 Å². The predicted molar refractivity (Wildman–Crippen MR) is 60.4 cm³/mol. The second-order valence-electron chi connectivity index (χ2n) is 4.93. The molecule has 0 fully saturated rings. The summed E-state index contributed by atoms with van der Waals surface area (Å²) in [5.74, 6) is 0. The molecule has 0 saturated carbocycles. The van der Waals surface area contributed by atoms with Gasteiger partial charge in [-0.05, 0) is 30.7 Å². The summed E-state index contributed by atoms with van der Waals surface area (Å²) in [5, 5.41) is 0. The van der Waals surface area contributed by atoms with Crippen molar-refractivity contribution >= 4 is 17.4 Å². The minimum Gasteiger partial charge on any atom is -0.455 e. The van der Waals surface area contributed by atoms with E-state index in [1.807, 2.05) is 0 Å². The summed E-state index contributed by atoms with van der Waals surface area (Å²) in [6.07, 6.45) is 0. The van der Waals surface area contributed by atoms with Crippen molar-refractivity contribution < 1.29 is 4.12 Å². The molecule has 0 N–H and O–H groups in total. The van der Waals surface area contributed by atoms with E-state index in [0.717, 1.165) is 11.1 Å². The third kappa shape index (κ3) is 5.11. The van der Waals surface area contributed by atoms with Crippen LogP contribution in [0.1, 0.15) is 27.7 Å². The molecule has 0 aromatic rings. The van der Waals surface area contributed by atoms with Crippen LogP contribution in [0.25, 0.3) is 0 Å². The lowest BCUT2D eigenvalue weighted by Gasteiger charge is -2.30. The lowest BCUT2D eigenvalue weighted by atomic mass is 10.5. The van der Waals surface area contributed by atoms with Crippen molar-refractivity contribution in [3.05, 3.63) is 0 Å². The largest absolute Gasteiger partial charge is 0.455 e. The van der Waals surface area contributed by atoms with Gasteiger partial charge in [-0.2, -0.15) is 0 Å². The summed E-state index contributed by atoms with van der Waals surface area (Å²) in [6, 6.07) is 0. The fourth-order valence-electron chi connectivity index (χ4n) is 1.26. The molecule has 0 saturated heterocycles. The van der Waals surface area contributed by atoms with Crippen molar-refractivity contribution in [1.82, 2.24) is 0 Å². The summed E-state index contributed by atoms with van der Waals surface area (Å²) in [4.78, 5) is 0. The van der Waals surface area contributed by atoms with Gasteiger partial charge in [-0.3, -0.25) is 0 Å². The fraction of sp³-hybridized carbons (Fsp3) is 1.00.